The summed E-state index contributed by atoms with van der Waals surface area (Å²) in [6.07, 6.45) is 0. The predicted molar refractivity (Wildman–Crippen MR) is 83.7 cm³/mol. The van der Waals surface area contributed by atoms with E-state index in [2.05, 4.69) is 29.4 Å². The smallest absolute Gasteiger partial charge is 0.278 e. The van der Waals surface area contributed by atoms with Crippen LogP contribution in [0.4, 0.5) is 11.4 Å². The van der Waals surface area contributed by atoms with Crippen molar-refractivity contribution in [2.75, 3.05) is 16.8 Å². The fourth-order valence-corrected chi connectivity index (χ4v) is 2.61. The number of aromatic nitrogens is 2. The summed E-state index contributed by atoms with van der Waals surface area (Å²) < 4.78 is 0. The van der Waals surface area contributed by atoms with Gasteiger partial charge in [0.1, 0.15) is 0 Å². The van der Waals surface area contributed by atoms with Crippen LogP contribution in [0.25, 0.3) is 0 Å². The summed E-state index contributed by atoms with van der Waals surface area (Å²) in [5.41, 5.74) is 3.27. The standard InChI is InChI=1S/C16H20N4O/c1-10(2)14-9-20(15-7-5-4-6-12(15)17-14)16(21)13-8-11(3)18-19-13/h4-8,10,14,17H,9H2,1-3H3,(H,18,19)/t14-/m0/s1. The van der Waals surface area contributed by atoms with E-state index in [0.29, 0.717) is 18.2 Å². The number of carbonyl (C=O) groups excluding carboxylic acids is 1. The highest BCUT2D eigenvalue weighted by atomic mass is 16.2. The van der Waals surface area contributed by atoms with Gasteiger partial charge >= 0.3 is 0 Å². The molecule has 0 spiro atoms. The number of aryl methyl sites for hydroxylation is 1. The van der Waals surface area contributed by atoms with Crippen LogP contribution in [0.1, 0.15) is 30.0 Å². The van der Waals surface area contributed by atoms with Gasteiger partial charge in [0.15, 0.2) is 5.69 Å². The van der Waals surface area contributed by atoms with Gasteiger partial charge in [0, 0.05) is 18.3 Å². The Morgan fingerprint density at radius 2 is 2.14 bits per heavy atom. The second kappa shape index (κ2) is 5.24. The van der Waals surface area contributed by atoms with Crippen molar-refractivity contribution in [3.8, 4) is 0 Å². The van der Waals surface area contributed by atoms with Crippen molar-refractivity contribution in [3.05, 3.63) is 41.7 Å². The van der Waals surface area contributed by atoms with Gasteiger partial charge in [-0.05, 0) is 31.0 Å². The minimum atomic E-state index is -0.0565. The van der Waals surface area contributed by atoms with Crippen molar-refractivity contribution in [2.45, 2.75) is 26.8 Å². The number of anilines is 2. The number of nitrogens with one attached hydrogen (secondary N) is 2. The van der Waals surface area contributed by atoms with Crippen LogP contribution in [0.3, 0.4) is 0 Å². The van der Waals surface area contributed by atoms with Gasteiger partial charge in [-0.1, -0.05) is 26.0 Å². The first-order valence-electron chi connectivity index (χ1n) is 7.25. The van der Waals surface area contributed by atoms with E-state index in [1.54, 1.807) is 6.07 Å². The number of fused-ring (bicyclic) bond motifs is 1. The number of nitrogens with zero attached hydrogens (tertiary/aromatic N) is 2. The summed E-state index contributed by atoms with van der Waals surface area (Å²) in [6, 6.07) is 9.94. The van der Waals surface area contributed by atoms with E-state index < -0.39 is 0 Å². The third-order valence-corrected chi connectivity index (χ3v) is 3.89. The second-order valence-electron chi connectivity index (χ2n) is 5.86. The predicted octanol–water partition coefficient (Wildman–Crippen LogP) is 2.82. The van der Waals surface area contributed by atoms with Crippen LogP contribution in [0, 0.1) is 12.8 Å². The number of H-pyrrole nitrogens is 1. The lowest BCUT2D eigenvalue weighted by molar-refractivity contribution is 0.0979. The average Bonchev–Trinajstić information content (AvgIpc) is 2.92. The average molecular weight is 284 g/mol. The third-order valence-electron chi connectivity index (χ3n) is 3.89. The SMILES string of the molecule is Cc1cc(C(=O)N2C[C@@H](C(C)C)Nc3ccccc32)n[nH]1. The lowest BCUT2D eigenvalue weighted by atomic mass is 9.99. The monoisotopic (exact) mass is 284 g/mol. The summed E-state index contributed by atoms with van der Waals surface area (Å²) in [4.78, 5) is 14.6. The summed E-state index contributed by atoms with van der Waals surface area (Å²) in [6.45, 7) is 6.87. The first kappa shape index (κ1) is 13.7. The van der Waals surface area contributed by atoms with Crippen LogP contribution in [0.2, 0.25) is 0 Å². The second-order valence-corrected chi connectivity index (χ2v) is 5.86. The van der Waals surface area contributed by atoms with E-state index >= 15 is 0 Å². The zero-order valence-electron chi connectivity index (χ0n) is 12.6. The molecule has 0 aliphatic carbocycles. The van der Waals surface area contributed by atoms with Crippen LogP contribution in [0.5, 0.6) is 0 Å². The molecule has 5 nitrogen and oxygen atoms in total. The number of carbonyl (C=O) groups is 1. The number of benzene rings is 1. The zero-order valence-corrected chi connectivity index (χ0v) is 12.6. The Morgan fingerprint density at radius 1 is 1.38 bits per heavy atom. The van der Waals surface area contributed by atoms with Crippen LogP contribution >= 0.6 is 0 Å². The van der Waals surface area contributed by atoms with Crippen molar-refractivity contribution in [1.29, 1.82) is 0 Å². The Balaban J connectivity index is 1.98. The van der Waals surface area contributed by atoms with Crippen molar-refractivity contribution >= 4 is 17.3 Å². The van der Waals surface area contributed by atoms with E-state index in [9.17, 15) is 4.79 Å². The Bertz CT molecular complexity index is 662. The highest BCUT2D eigenvalue weighted by molar-refractivity contribution is 6.07. The van der Waals surface area contributed by atoms with Crippen molar-refractivity contribution in [2.24, 2.45) is 5.92 Å². The van der Waals surface area contributed by atoms with Crippen LogP contribution in [-0.2, 0) is 0 Å². The van der Waals surface area contributed by atoms with E-state index in [0.717, 1.165) is 17.1 Å². The molecule has 0 saturated carbocycles. The van der Waals surface area contributed by atoms with Crippen molar-refractivity contribution in [3.63, 3.8) is 0 Å². The van der Waals surface area contributed by atoms with E-state index in [1.165, 1.54) is 0 Å². The number of amides is 1. The molecule has 110 valence electrons. The van der Waals surface area contributed by atoms with Gasteiger partial charge in [0.05, 0.1) is 11.4 Å². The first-order chi connectivity index (χ1) is 10.1. The first-order valence-corrected chi connectivity index (χ1v) is 7.25. The van der Waals surface area contributed by atoms with Gasteiger partial charge in [-0.3, -0.25) is 9.89 Å². The molecule has 21 heavy (non-hydrogen) atoms. The largest absolute Gasteiger partial charge is 0.379 e. The highest BCUT2D eigenvalue weighted by Crippen LogP contribution is 2.33. The molecule has 0 bridgehead atoms. The number of para-hydroxylation sites is 2. The Morgan fingerprint density at radius 3 is 2.81 bits per heavy atom. The fourth-order valence-electron chi connectivity index (χ4n) is 2.61. The molecule has 2 heterocycles. The molecule has 5 heteroatoms. The molecule has 0 radical (unpaired) electrons. The Hall–Kier alpha value is -2.30. The maximum absolute atomic E-state index is 12.8. The highest BCUT2D eigenvalue weighted by Gasteiger charge is 2.30. The molecule has 2 aromatic rings. The van der Waals surface area contributed by atoms with Crippen molar-refractivity contribution in [1.82, 2.24) is 10.2 Å². The molecular formula is C16H20N4O. The normalized spacial score (nSPS) is 17.5. The summed E-state index contributed by atoms with van der Waals surface area (Å²) in [7, 11) is 0. The summed E-state index contributed by atoms with van der Waals surface area (Å²) in [5, 5.41) is 10.4. The van der Waals surface area contributed by atoms with E-state index in [-0.39, 0.29) is 11.9 Å². The van der Waals surface area contributed by atoms with Gasteiger partial charge in [-0.2, -0.15) is 5.10 Å². The van der Waals surface area contributed by atoms with E-state index in [4.69, 9.17) is 0 Å². The summed E-state index contributed by atoms with van der Waals surface area (Å²) in [5.74, 6) is 0.383. The number of hydrogen-bond acceptors (Lipinski definition) is 3. The molecule has 3 rings (SSSR count). The molecule has 0 saturated heterocycles. The van der Waals surface area contributed by atoms with Gasteiger partial charge in [-0.15, -0.1) is 0 Å². The minimum absolute atomic E-state index is 0.0565. The Kier molecular flexibility index (Phi) is 3.41. The molecule has 1 aromatic carbocycles. The van der Waals surface area contributed by atoms with Gasteiger partial charge in [0.25, 0.3) is 5.91 Å². The van der Waals surface area contributed by atoms with E-state index in [1.807, 2.05) is 36.1 Å². The van der Waals surface area contributed by atoms with Crippen LogP contribution in [0.15, 0.2) is 30.3 Å². The molecule has 0 fully saturated rings. The number of aromatic amines is 1. The van der Waals surface area contributed by atoms with Crippen LogP contribution in [-0.4, -0.2) is 28.7 Å². The molecule has 0 unspecified atom stereocenters. The number of hydrogen-bond donors (Lipinski definition) is 2. The molecule has 1 amide bonds. The minimum Gasteiger partial charge on any atom is -0.379 e. The van der Waals surface area contributed by atoms with Gasteiger partial charge < -0.3 is 10.2 Å². The Labute approximate surface area is 124 Å². The summed E-state index contributed by atoms with van der Waals surface area (Å²) >= 11 is 0. The molecule has 2 N–H and O–H groups in total. The molecule has 1 aliphatic heterocycles. The maximum atomic E-state index is 12.8. The van der Waals surface area contributed by atoms with Gasteiger partial charge in [0.2, 0.25) is 0 Å². The quantitative estimate of drug-likeness (QED) is 0.891. The lowest BCUT2D eigenvalue weighted by Gasteiger charge is -2.37. The molecule has 1 aromatic heterocycles. The third kappa shape index (κ3) is 2.51. The zero-order chi connectivity index (χ0) is 15.0. The molecular weight excluding hydrogens is 264 g/mol. The lowest BCUT2D eigenvalue weighted by Crippen LogP contribution is -2.47. The maximum Gasteiger partial charge on any atom is 0.278 e. The van der Waals surface area contributed by atoms with Crippen molar-refractivity contribution < 1.29 is 4.79 Å². The van der Waals surface area contributed by atoms with Crippen LogP contribution < -0.4 is 10.2 Å². The topological polar surface area (TPSA) is 61.0 Å². The molecule has 1 atom stereocenters. The number of rotatable bonds is 2. The molecule has 1 aliphatic rings. The fraction of sp³-hybridized carbons (Fsp3) is 0.375. The van der Waals surface area contributed by atoms with Gasteiger partial charge in [-0.25, -0.2) is 0 Å².